The summed E-state index contributed by atoms with van der Waals surface area (Å²) in [6.07, 6.45) is 10.8. The van der Waals surface area contributed by atoms with Crippen molar-refractivity contribution < 1.29 is 17.9 Å². The van der Waals surface area contributed by atoms with Crippen molar-refractivity contribution in [1.29, 1.82) is 0 Å². The fourth-order valence-electron chi connectivity index (χ4n) is 5.47. The third-order valence-corrected chi connectivity index (χ3v) is 9.95. The van der Waals surface area contributed by atoms with Crippen LogP contribution in [0.25, 0.3) is 11.1 Å². The Morgan fingerprint density at radius 2 is 1.73 bits per heavy atom. The number of sulfonamides is 1. The highest BCUT2D eigenvalue weighted by Gasteiger charge is 2.34. The number of amidine groups is 1. The van der Waals surface area contributed by atoms with E-state index in [-0.39, 0.29) is 16.7 Å². The topological polar surface area (TPSA) is 112 Å². The SMILES string of the molecule is C=C1C(Cc2ccc(-c3ccccc3S(=O)(=O)NC(=O)C3CC3)cc2)=C(CCCC)N=C(C(C)C)N1C1N=CC(OCC)=CN1.CCCC. The molecule has 1 atom stereocenters. The van der Waals surface area contributed by atoms with Gasteiger partial charge in [-0.25, -0.2) is 23.1 Å². The maximum absolute atomic E-state index is 13.2. The number of rotatable bonds is 14. The van der Waals surface area contributed by atoms with E-state index >= 15 is 0 Å². The van der Waals surface area contributed by atoms with Crippen LogP contribution in [0.5, 0.6) is 0 Å². The number of unbranched alkanes of at least 4 members (excludes halogenated alkanes) is 2. The Hall–Kier alpha value is -4.18. The highest BCUT2D eigenvalue weighted by Crippen LogP contribution is 2.35. The van der Waals surface area contributed by atoms with E-state index in [0.717, 1.165) is 66.0 Å². The number of allylic oxidation sites excluding steroid dienone is 3. The molecule has 2 aromatic rings. The van der Waals surface area contributed by atoms with E-state index in [4.69, 9.17) is 14.7 Å². The van der Waals surface area contributed by atoms with E-state index < -0.39 is 22.2 Å². The molecule has 1 aliphatic carbocycles. The number of hydrogen-bond donors (Lipinski definition) is 2. The number of aliphatic imine (C=N–C) groups is 2. The zero-order valence-electron chi connectivity index (χ0n) is 30.0. The number of nitrogens with one attached hydrogen (secondary N) is 2. The maximum atomic E-state index is 13.2. The lowest BCUT2D eigenvalue weighted by atomic mass is 9.94. The maximum Gasteiger partial charge on any atom is 0.264 e. The minimum Gasteiger partial charge on any atom is -0.491 e. The number of carbonyl (C=O) groups excluding carboxylic acids is 1. The van der Waals surface area contributed by atoms with Crippen LogP contribution in [-0.2, 0) is 26.0 Å². The molecule has 0 radical (unpaired) electrons. The van der Waals surface area contributed by atoms with Gasteiger partial charge in [0.15, 0.2) is 5.76 Å². The molecule has 264 valence electrons. The van der Waals surface area contributed by atoms with E-state index in [1.165, 1.54) is 18.9 Å². The van der Waals surface area contributed by atoms with Gasteiger partial charge in [-0.3, -0.25) is 9.69 Å². The molecule has 5 rings (SSSR count). The second-order valence-corrected chi connectivity index (χ2v) is 14.5. The molecule has 2 aromatic carbocycles. The predicted octanol–water partition coefficient (Wildman–Crippen LogP) is 8.08. The van der Waals surface area contributed by atoms with E-state index in [9.17, 15) is 13.2 Å². The number of carbonyl (C=O) groups is 1. The molecule has 0 spiro atoms. The molecule has 0 aromatic heterocycles. The van der Waals surface area contributed by atoms with Crippen LogP contribution in [0, 0.1) is 11.8 Å². The zero-order chi connectivity index (χ0) is 35.6. The summed E-state index contributed by atoms with van der Waals surface area (Å²) in [5.74, 6) is 1.10. The molecule has 2 aliphatic heterocycles. The second kappa shape index (κ2) is 17.5. The van der Waals surface area contributed by atoms with E-state index in [2.05, 4.69) is 56.1 Å². The molecule has 3 aliphatic rings. The largest absolute Gasteiger partial charge is 0.491 e. The molecule has 0 saturated heterocycles. The molecule has 1 saturated carbocycles. The van der Waals surface area contributed by atoms with Crippen LogP contribution in [0.4, 0.5) is 0 Å². The first-order chi connectivity index (χ1) is 23.5. The first-order valence-electron chi connectivity index (χ1n) is 17.7. The third-order valence-electron chi connectivity index (χ3n) is 8.55. The highest BCUT2D eigenvalue weighted by atomic mass is 32.2. The van der Waals surface area contributed by atoms with Crippen LogP contribution >= 0.6 is 0 Å². The van der Waals surface area contributed by atoms with Crippen LogP contribution < -0.4 is 10.0 Å². The van der Waals surface area contributed by atoms with Crippen LogP contribution in [-0.4, -0.2) is 44.2 Å². The van der Waals surface area contributed by atoms with Crippen molar-refractivity contribution in [1.82, 2.24) is 14.9 Å². The van der Waals surface area contributed by atoms with Gasteiger partial charge in [-0.1, -0.05) is 103 Å². The zero-order valence-corrected chi connectivity index (χ0v) is 30.8. The van der Waals surface area contributed by atoms with E-state index in [1.807, 2.05) is 37.4 Å². The molecular weight excluding hydrogens is 635 g/mol. The van der Waals surface area contributed by atoms with Gasteiger partial charge in [0.05, 0.1) is 17.7 Å². The number of ether oxygens (including phenoxy) is 1. The summed E-state index contributed by atoms with van der Waals surface area (Å²) < 4.78 is 34.2. The number of nitrogens with zero attached hydrogens (tertiary/aromatic N) is 3. The smallest absolute Gasteiger partial charge is 0.264 e. The first kappa shape index (κ1) is 37.6. The molecule has 1 fully saturated rings. The quantitative estimate of drug-likeness (QED) is 0.208. The third kappa shape index (κ3) is 9.71. The summed E-state index contributed by atoms with van der Waals surface area (Å²) in [5, 5.41) is 3.35. The Bertz CT molecular complexity index is 1700. The van der Waals surface area contributed by atoms with E-state index in [1.54, 1.807) is 24.4 Å². The van der Waals surface area contributed by atoms with Gasteiger partial charge in [0.1, 0.15) is 5.84 Å². The van der Waals surface area contributed by atoms with Gasteiger partial charge in [-0.2, -0.15) is 0 Å². The Morgan fingerprint density at radius 3 is 2.31 bits per heavy atom. The normalized spacial score (nSPS) is 17.6. The minimum atomic E-state index is -4.00. The second-order valence-electron chi connectivity index (χ2n) is 12.9. The van der Waals surface area contributed by atoms with Crippen molar-refractivity contribution in [3.63, 3.8) is 0 Å². The van der Waals surface area contributed by atoms with Gasteiger partial charge >= 0.3 is 0 Å². The molecule has 1 amide bonds. The van der Waals surface area contributed by atoms with Crippen molar-refractivity contribution >= 4 is 28.0 Å². The lowest BCUT2D eigenvalue weighted by Gasteiger charge is -2.40. The van der Waals surface area contributed by atoms with Gasteiger partial charge in [0.25, 0.3) is 10.0 Å². The van der Waals surface area contributed by atoms with Crippen LogP contribution in [0.1, 0.15) is 92.1 Å². The van der Waals surface area contributed by atoms with Gasteiger partial charge in [0, 0.05) is 47.0 Å². The summed E-state index contributed by atoms with van der Waals surface area (Å²) in [7, 11) is -4.00. The molecule has 49 heavy (non-hydrogen) atoms. The Labute approximate surface area is 293 Å². The van der Waals surface area contributed by atoms with Gasteiger partial charge < -0.3 is 10.1 Å². The lowest BCUT2D eigenvalue weighted by Crippen LogP contribution is -2.49. The lowest BCUT2D eigenvalue weighted by molar-refractivity contribution is -0.120. The summed E-state index contributed by atoms with van der Waals surface area (Å²) in [5.41, 5.74) is 5.30. The minimum absolute atomic E-state index is 0.0882. The van der Waals surface area contributed by atoms with E-state index in [0.29, 0.717) is 24.4 Å². The van der Waals surface area contributed by atoms with Crippen molar-refractivity contribution in [3.8, 4) is 11.1 Å². The molecule has 1 unspecified atom stereocenters. The van der Waals surface area contributed by atoms with Gasteiger partial charge in [0.2, 0.25) is 12.2 Å². The number of amides is 1. The monoisotopic (exact) mass is 687 g/mol. The molecule has 2 N–H and O–H groups in total. The first-order valence-corrected chi connectivity index (χ1v) is 19.2. The molecule has 9 nitrogen and oxygen atoms in total. The van der Waals surface area contributed by atoms with Crippen LogP contribution in [0.15, 0.2) is 98.9 Å². The summed E-state index contributed by atoms with van der Waals surface area (Å²) >= 11 is 0. The summed E-state index contributed by atoms with van der Waals surface area (Å²) in [4.78, 5) is 24.4. The Kier molecular flexibility index (Phi) is 13.4. The van der Waals surface area contributed by atoms with Crippen molar-refractivity contribution in [2.24, 2.45) is 21.8 Å². The molecule has 10 heteroatoms. The fraction of sp³-hybridized carbons (Fsp3) is 0.462. The predicted molar refractivity (Wildman–Crippen MR) is 199 cm³/mol. The van der Waals surface area contributed by atoms with Crippen LogP contribution in [0.2, 0.25) is 0 Å². The van der Waals surface area contributed by atoms with Crippen molar-refractivity contribution in [3.05, 3.63) is 89.6 Å². The molecule has 0 bridgehead atoms. The average molecular weight is 688 g/mol. The van der Waals surface area contributed by atoms with Crippen molar-refractivity contribution in [2.75, 3.05) is 6.61 Å². The number of hydrogen-bond acceptors (Lipinski definition) is 8. The van der Waals surface area contributed by atoms with Crippen LogP contribution in [0.3, 0.4) is 0 Å². The Morgan fingerprint density at radius 1 is 1.04 bits per heavy atom. The molecule has 2 heterocycles. The Balaban J connectivity index is 0.00000128. The van der Waals surface area contributed by atoms with Gasteiger partial charge in [-0.15, -0.1) is 0 Å². The number of benzene rings is 2. The fourth-order valence-corrected chi connectivity index (χ4v) is 6.75. The summed E-state index contributed by atoms with van der Waals surface area (Å²) in [6.45, 7) is 17.9. The highest BCUT2D eigenvalue weighted by molar-refractivity contribution is 7.90. The molecular formula is C39H53N5O4S. The van der Waals surface area contributed by atoms with Gasteiger partial charge in [-0.05, 0) is 49.8 Å². The standard InChI is InChI=1S/C35H43N5O4S.C4H10/c1-6-8-12-31-30(24(5)40(33(38-31)23(3)4)35-36-21-28(22-37-35)44-7-2)20-25-14-16-26(17-15-25)29-11-9-10-13-32(29)45(42,43)39-34(41)27-18-19-27;1-3-4-2/h9-11,13-17,21-23,27,35-36H,5-8,12,18-20H2,1-4H3,(H,39,41);3-4H2,1-2H3. The summed E-state index contributed by atoms with van der Waals surface area (Å²) in [6, 6.07) is 14.7. The van der Waals surface area contributed by atoms with Crippen molar-refractivity contribution in [2.45, 2.75) is 104 Å². The average Bonchev–Trinajstić information content (AvgIpc) is 3.95.